The molecule has 0 radical (unpaired) electrons. The van der Waals surface area contributed by atoms with Crippen LogP contribution in [0, 0.1) is 10.1 Å². The molecule has 7 heteroatoms. The number of phenols is 2. The molecule has 0 amide bonds. The molecule has 0 bridgehead atoms. The van der Waals surface area contributed by atoms with Gasteiger partial charge in [0.05, 0.1) is 19.3 Å². The Kier molecular flexibility index (Phi) is 7.91. The fourth-order valence-corrected chi connectivity index (χ4v) is 3.64. The van der Waals surface area contributed by atoms with E-state index in [1.807, 2.05) is 32.9 Å². The summed E-state index contributed by atoms with van der Waals surface area (Å²) >= 11 is 0. The zero-order valence-corrected chi connectivity index (χ0v) is 18.6. The summed E-state index contributed by atoms with van der Waals surface area (Å²) < 4.78 is 5.31. The molecule has 0 atom stereocenters. The third kappa shape index (κ3) is 6.13. The molecule has 0 aliphatic rings. The van der Waals surface area contributed by atoms with Crippen LogP contribution in [0.3, 0.4) is 0 Å². The summed E-state index contributed by atoms with van der Waals surface area (Å²) in [6, 6.07) is 8.82. The molecule has 0 saturated carbocycles. The van der Waals surface area contributed by atoms with Crippen LogP contribution in [-0.4, -0.2) is 29.0 Å². The molecule has 2 aromatic rings. The third-order valence-electron chi connectivity index (χ3n) is 5.48. The van der Waals surface area contributed by atoms with Crippen molar-refractivity contribution < 1.29 is 24.9 Å². The van der Waals surface area contributed by atoms with Gasteiger partial charge in [-0.15, -0.1) is 10.1 Å². The van der Waals surface area contributed by atoms with E-state index in [2.05, 4.69) is 11.4 Å². The lowest BCUT2D eigenvalue weighted by Gasteiger charge is -2.27. The second-order valence-electron chi connectivity index (χ2n) is 8.33. The van der Waals surface area contributed by atoms with Gasteiger partial charge in [-0.05, 0) is 60.6 Å². The lowest BCUT2D eigenvalue weighted by atomic mass is 9.79. The Balaban J connectivity index is 2.26. The van der Waals surface area contributed by atoms with E-state index in [4.69, 9.17) is 4.74 Å². The van der Waals surface area contributed by atoms with Gasteiger partial charge >= 0.3 is 0 Å². The SMILES string of the molecule is C=C(C)c1ccc(OC)cc1-c1c(O)cc(C(C)(C)CCCCCO[N+](=O)[O-])cc1O. The summed E-state index contributed by atoms with van der Waals surface area (Å²) in [4.78, 5) is 14.5. The Bertz CT molecular complexity index is 928. The molecular weight excluding hydrogens is 398 g/mol. The van der Waals surface area contributed by atoms with E-state index in [0.717, 1.165) is 36.0 Å². The Labute approximate surface area is 183 Å². The molecule has 168 valence electrons. The van der Waals surface area contributed by atoms with Crippen LogP contribution in [0.1, 0.15) is 57.6 Å². The Morgan fingerprint density at radius 2 is 1.77 bits per heavy atom. The number of benzene rings is 2. The maximum absolute atomic E-state index is 10.8. The molecule has 0 saturated heterocycles. The van der Waals surface area contributed by atoms with Gasteiger partial charge in [0.2, 0.25) is 0 Å². The predicted octanol–water partition coefficient (Wildman–Crippen LogP) is 5.85. The van der Waals surface area contributed by atoms with E-state index in [1.165, 1.54) is 0 Å². The van der Waals surface area contributed by atoms with Gasteiger partial charge < -0.3 is 19.8 Å². The average molecular weight is 430 g/mol. The van der Waals surface area contributed by atoms with Crippen molar-refractivity contribution in [1.82, 2.24) is 0 Å². The van der Waals surface area contributed by atoms with Crippen molar-refractivity contribution in [3.05, 3.63) is 58.2 Å². The smallest absolute Gasteiger partial charge is 0.294 e. The number of aromatic hydroxyl groups is 2. The van der Waals surface area contributed by atoms with Gasteiger partial charge in [-0.2, -0.15) is 0 Å². The highest BCUT2D eigenvalue weighted by molar-refractivity contribution is 5.87. The fourth-order valence-electron chi connectivity index (χ4n) is 3.64. The van der Waals surface area contributed by atoms with Crippen molar-refractivity contribution in [3.8, 4) is 28.4 Å². The molecule has 31 heavy (non-hydrogen) atoms. The molecule has 0 aromatic heterocycles. The van der Waals surface area contributed by atoms with Crippen LogP contribution in [0.4, 0.5) is 0 Å². The normalized spacial score (nSPS) is 11.2. The van der Waals surface area contributed by atoms with E-state index < -0.39 is 5.09 Å². The van der Waals surface area contributed by atoms with Crippen LogP contribution in [0.15, 0.2) is 36.9 Å². The highest BCUT2D eigenvalue weighted by Crippen LogP contribution is 2.45. The number of hydrogen-bond acceptors (Lipinski definition) is 6. The van der Waals surface area contributed by atoms with Gasteiger partial charge in [-0.1, -0.05) is 44.9 Å². The number of hydrogen-bond donors (Lipinski definition) is 2. The van der Waals surface area contributed by atoms with Crippen LogP contribution >= 0.6 is 0 Å². The third-order valence-corrected chi connectivity index (χ3v) is 5.48. The predicted molar refractivity (Wildman–Crippen MR) is 121 cm³/mol. The Morgan fingerprint density at radius 3 is 2.32 bits per heavy atom. The molecule has 0 heterocycles. The molecular formula is C24H31NO6. The topological polar surface area (TPSA) is 102 Å². The van der Waals surface area contributed by atoms with Crippen molar-refractivity contribution >= 4 is 5.57 Å². The number of methoxy groups -OCH3 is 1. The fraction of sp³-hybridized carbons (Fsp3) is 0.417. The summed E-state index contributed by atoms with van der Waals surface area (Å²) in [5, 5.41) is 31.1. The first-order valence-electron chi connectivity index (χ1n) is 10.2. The summed E-state index contributed by atoms with van der Waals surface area (Å²) in [7, 11) is 1.56. The highest BCUT2D eigenvalue weighted by Gasteiger charge is 2.24. The molecule has 0 fully saturated rings. The maximum atomic E-state index is 10.8. The number of allylic oxidation sites excluding steroid dienone is 1. The highest BCUT2D eigenvalue weighted by atomic mass is 16.9. The first-order chi connectivity index (χ1) is 14.6. The summed E-state index contributed by atoms with van der Waals surface area (Å²) in [6.07, 6.45) is 3.03. The van der Waals surface area contributed by atoms with E-state index >= 15 is 0 Å². The lowest BCUT2D eigenvalue weighted by Crippen LogP contribution is -2.17. The van der Waals surface area contributed by atoms with E-state index in [-0.39, 0.29) is 23.5 Å². The van der Waals surface area contributed by atoms with Gasteiger partial charge in [-0.25, -0.2) is 0 Å². The molecule has 2 rings (SSSR count). The van der Waals surface area contributed by atoms with Gasteiger partial charge in [0.15, 0.2) is 0 Å². The standard InChI is InChI=1S/C24H31NO6/c1-16(2)19-10-9-18(30-5)15-20(19)23-21(26)13-17(14-22(23)27)24(3,4)11-7-6-8-12-31-25(28)29/h9-10,13-15,26-27H,1,6-8,11-12H2,2-5H3. The number of rotatable bonds is 11. The quantitative estimate of drug-likeness (QED) is 0.264. The molecule has 2 N–H and O–H groups in total. The molecule has 7 nitrogen and oxygen atoms in total. The van der Waals surface area contributed by atoms with E-state index in [0.29, 0.717) is 23.3 Å². The zero-order valence-electron chi connectivity index (χ0n) is 18.6. The first-order valence-corrected chi connectivity index (χ1v) is 10.2. The minimum atomic E-state index is -0.779. The van der Waals surface area contributed by atoms with Crippen molar-refractivity contribution in [2.45, 2.75) is 51.9 Å². The van der Waals surface area contributed by atoms with Crippen LogP contribution in [-0.2, 0) is 10.3 Å². The lowest BCUT2D eigenvalue weighted by molar-refractivity contribution is -0.757. The molecule has 2 aromatic carbocycles. The average Bonchev–Trinajstić information content (AvgIpc) is 2.69. The zero-order chi connectivity index (χ0) is 23.2. The maximum Gasteiger partial charge on any atom is 0.294 e. The summed E-state index contributed by atoms with van der Waals surface area (Å²) in [6.45, 7) is 10.0. The van der Waals surface area contributed by atoms with Crippen molar-refractivity contribution in [2.75, 3.05) is 13.7 Å². The van der Waals surface area contributed by atoms with Gasteiger partial charge in [0.1, 0.15) is 17.2 Å². The second-order valence-corrected chi connectivity index (χ2v) is 8.33. The molecule has 0 aliphatic heterocycles. The van der Waals surface area contributed by atoms with E-state index in [9.17, 15) is 20.3 Å². The van der Waals surface area contributed by atoms with Crippen LogP contribution in [0.2, 0.25) is 0 Å². The van der Waals surface area contributed by atoms with Gasteiger partial charge in [-0.3, -0.25) is 0 Å². The number of unbranched alkanes of at least 4 members (excludes halogenated alkanes) is 2. The Morgan fingerprint density at radius 1 is 1.13 bits per heavy atom. The second kappa shape index (κ2) is 10.2. The van der Waals surface area contributed by atoms with Crippen molar-refractivity contribution in [1.29, 1.82) is 0 Å². The van der Waals surface area contributed by atoms with E-state index in [1.54, 1.807) is 25.3 Å². The van der Waals surface area contributed by atoms with Crippen LogP contribution in [0.25, 0.3) is 16.7 Å². The van der Waals surface area contributed by atoms with Crippen molar-refractivity contribution in [2.24, 2.45) is 0 Å². The van der Waals surface area contributed by atoms with Gasteiger partial charge in [0.25, 0.3) is 5.09 Å². The first kappa shape index (κ1) is 24.1. The number of ether oxygens (including phenoxy) is 1. The minimum absolute atomic E-state index is 0.0155. The Hall–Kier alpha value is -3.22. The van der Waals surface area contributed by atoms with Crippen LogP contribution < -0.4 is 4.74 Å². The largest absolute Gasteiger partial charge is 0.507 e. The molecule has 0 spiro atoms. The minimum Gasteiger partial charge on any atom is -0.507 e. The van der Waals surface area contributed by atoms with Gasteiger partial charge in [0, 0.05) is 5.56 Å². The number of nitrogens with zero attached hydrogens (tertiary/aromatic N) is 1. The molecule has 0 unspecified atom stereocenters. The summed E-state index contributed by atoms with van der Waals surface area (Å²) in [5.41, 5.74) is 3.12. The van der Waals surface area contributed by atoms with Crippen molar-refractivity contribution in [3.63, 3.8) is 0 Å². The molecule has 0 aliphatic carbocycles. The number of phenolic OH excluding ortho intramolecular Hbond substituents is 2. The monoisotopic (exact) mass is 429 g/mol. The van der Waals surface area contributed by atoms with Crippen LogP contribution in [0.5, 0.6) is 17.2 Å². The summed E-state index contributed by atoms with van der Waals surface area (Å²) in [5.74, 6) is 0.584.